The zero-order chi connectivity index (χ0) is 12.3. The molecule has 0 aromatic heterocycles. The zero-order valence-corrected chi connectivity index (χ0v) is 9.81. The van der Waals surface area contributed by atoms with Crippen LogP contribution in [0.5, 0.6) is 0 Å². The molecule has 0 heterocycles. The van der Waals surface area contributed by atoms with Gasteiger partial charge in [0, 0.05) is 11.1 Å². The fourth-order valence-corrected chi connectivity index (χ4v) is 1.76. The number of allylic oxidation sites excluding steroid dienone is 1. The van der Waals surface area contributed by atoms with Gasteiger partial charge in [-0.3, -0.25) is 4.79 Å². The molecule has 0 radical (unpaired) electrons. The van der Waals surface area contributed by atoms with Crippen LogP contribution in [0.3, 0.4) is 0 Å². The molecule has 0 N–H and O–H groups in total. The lowest BCUT2D eigenvalue weighted by Crippen LogP contribution is -2.03. The maximum atomic E-state index is 12.3. The molecule has 0 bridgehead atoms. The number of benzene rings is 2. The van der Waals surface area contributed by atoms with Crippen molar-refractivity contribution in [1.29, 1.82) is 0 Å². The van der Waals surface area contributed by atoms with Gasteiger partial charge in [0.25, 0.3) is 0 Å². The summed E-state index contributed by atoms with van der Waals surface area (Å²) >= 11 is 0. The molecule has 0 saturated heterocycles. The van der Waals surface area contributed by atoms with E-state index in [9.17, 15) is 4.79 Å². The van der Waals surface area contributed by atoms with Crippen molar-refractivity contribution in [3.63, 3.8) is 0 Å². The third-order valence-corrected chi connectivity index (χ3v) is 2.79. The Kier molecular flexibility index (Phi) is 3.20. The number of carbonyl (C=O) groups excluding carboxylic acids is 1. The Bertz CT molecular complexity index is 553. The minimum atomic E-state index is -0.00528. The van der Waals surface area contributed by atoms with Crippen LogP contribution in [0.1, 0.15) is 21.5 Å². The minimum Gasteiger partial charge on any atom is -0.289 e. The van der Waals surface area contributed by atoms with Gasteiger partial charge < -0.3 is 0 Å². The van der Waals surface area contributed by atoms with E-state index in [4.69, 9.17) is 0 Å². The predicted molar refractivity (Wildman–Crippen MR) is 71.0 cm³/mol. The minimum absolute atomic E-state index is 0.00528. The lowest BCUT2D eigenvalue weighted by Gasteiger charge is -2.07. The zero-order valence-electron chi connectivity index (χ0n) is 9.81. The van der Waals surface area contributed by atoms with Gasteiger partial charge in [-0.15, -0.1) is 0 Å². The summed E-state index contributed by atoms with van der Waals surface area (Å²) in [5.41, 5.74) is 3.12. The Morgan fingerprint density at radius 2 is 1.53 bits per heavy atom. The first-order valence-electron chi connectivity index (χ1n) is 5.55. The summed E-state index contributed by atoms with van der Waals surface area (Å²) in [6.07, 6.45) is 0. The molecule has 0 spiro atoms. The van der Waals surface area contributed by atoms with Crippen molar-refractivity contribution in [1.82, 2.24) is 0 Å². The molecular weight excluding hydrogens is 208 g/mol. The Balaban J connectivity index is 2.34. The molecule has 0 aliphatic rings. The van der Waals surface area contributed by atoms with Crippen LogP contribution in [-0.2, 0) is 0 Å². The molecule has 0 atom stereocenters. The van der Waals surface area contributed by atoms with E-state index in [-0.39, 0.29) is 5.78 Å². The molecule has 0 aliphatic heterocycles. The van der Waals surface area contributed by atoms with Gasteiger partial charge in [0.1, 0.15) is 0 Å². The first-order chi connectivity index (χ1) is 8.20. The summed E-state index contributed by atoms with van der Waals surface area (Å²) in [7, 11) is 0. The molecule has 17 heavy (non-hydrogen) atoms. The first kappa shape index (κ1) is 11.3. The third-order valence-electron chi connectivity index (χ3n) is 2.79. The average molecular weight is 222 g/mol. The molecule has 0 aliphatic carbocycles. The number of Topliss-reactive ketones (excluding diaryl/α,β-unsaturated/α-hetero) is 1. The van der Waals surface area contributed by atoms with Crippen LogP contribution in [0.4, 0.5) is 0 Å². The lowest BCUT2D eigenvalue weighted by atomic mass is 9.95. The Morgan fingerprint density at radius 3 is 2.18 bits per heavy atom. The number of hydrogen-bond acceptors (Lipinski definition) is 1. The van der Waals surface area contributed by atoms with Gasteiger partial charge in [-0.2, -0.15) is 0 Å². The van der Waals surface area contributed by atoms with Gasteiger partial charge in [0.15, 0.2) is 5.78 Å². The molecule has 2 rings (SSSR count). The van der Waals surface area contributed by atoms with Crippen molar-refractivity contribution in [3.05, 3.63) is 77.9 Å². The van der Waals surface area contributed by atoms with Gasteiger partial charge in [-0.25, -0.2) is 0 Å². The van der Waals surface area contributed by atoms with Gasteiger partial charge in [0.05, 0.1) is 0 Å². The highest BCUT2D eigenvalue weighted by molar-refractivity contribution is 6.28. The topological polar surface area (TPSA) is 17.1 Å². The van der Waals surface area contributed by atoms with E-state index in [0.29, 0.717) is 5.57 Å². The van der Waals surface area contributed by atoms with Crippen LogP contribution in [0.2, 0.25) is 0 Å². The number of hydrogen-bond donors (Lipinski definition) is 0. The quantitative estimate of drug-likeness (QED) is 0.568. The van der Waals surface area contributed by atoms with Crippen molar-refractivity contribution in [2.45, 2.75) is 6.92 Å². The Morgan fingerprint density at radius 1 is 0.941 bits per heavy atom. The summed E-state index contributed by atoms with van der Waals surface area (Å²) < 4.78 is 0. The van der Waals surface area contributed by atoms with E-state index >= 15 is 0 Å². The van der Waals surface area contributed by atoms with E-state index < -0.39 is 0 Å². The summed E-state index contributed by atoms with van der Waals surface area (Å²) in [6, 6.07) is 17.1. The van der Waals surface area contributed by atoms with Crippen LogP contribution in [-0.4, -0.2) is 5.78 Å². The SMILES string of the molecule is C=C(C(=O)c1ccccc1C)c1ccccc1. The summed E-state index contributed by atoms with van der Waals surface area (Å²) in [4.78, 5) is 12.3. The number of aryl methyl sites for hydroxylation is 1. The van der Waals surface area contributed by atoms with E-state index in [0.717, 1.165) is 16.7 Å². The largest absolute Gasteiger partial charge is 0.289 e. The fourth-order valence-electron chi connectivity index (χ4n) is 1.76. The fraction of sp³-hybridized carbons (Fsp3) is 0.0625. The smallest absolute Gasteiger partial charge is 0.193 e. The molecule has 1 heteroatoms. The van der Waals surface area contributed by atoms with E-state index in [2.05, 4.69) is 6.58 Å². The van der Waals surface area contributed by atoms with Crippen molar-refractivity contribution < 1.29 is 4.79 Å². The van der Waals surface area contributed by atoms with E-state index in [1.807, 2.05) is 61.5 Å². The van der Waals surface area contributed by atoms with Crippen LogP contribution >= 0.6 is 0 Å². The average Bonchev–Trinajstić information content (AvgIpc) is 2.39. The summed E-state index contributed by atoms with van der Waals surface area (Å²) in [6.45, 7) is 5.83. The maximum absolute atomic E-state index is 12.3. The molecule has 1 nitrogen and oxygen atoms in total. The van der Waals surface area contributed by atoms with Crippen LogP contribution in [0.25, 0.3) is 5.57 Å². The molecule has 84 valence electrons. The van der Waals surface area contributed by atoms with Crippen LogP contribution in [0.15, 0.2) is 61.2 Å². The van der Waals surface area contributed by atoms with E-state index in [1.165, 1.54) is 0 Å². The third kappa shape index (κ3) is 2.34. The van der Waals surface area contributed by atoms with Gasteiger partial charge in [0.2, 0.25) is 0 Å². The second kappa shape index (κ2) is 4.79. The van der Waals surface area contributed by atoms with Crippen molar-refractivity contribution in [3.8, 4) is 0 Å². The lowest BCUT2D eigenvalue weighted by molar-refractivity contribution is 0.105. The number of rotatable bonds is 3. The highest BCUT2D eigenvalue weighted by Gasteiger charge is 2.13. The van der Waals surface area contributed by atoms with Crippen molar-refractivity contribution in [2.24, 2.45) is 0 Å². The number of ketones is 1. The van der Waals surface area contributed by atoms with E-state index in [1.54, 1.807) is 0 Å². The number of carbonyl (C=O) groups is 1. The second-order valence-corrected chi connectivity index (χ2v) is 3.99. The maximum Gasteiger partial charge on any atom is 0.193 e. The standard InChI is InChI=1S/C16H14O/c1-12-8-6-7-11-15(12)16(17)13(2)14-9-4-3-5-10-14/h3-11H,2H2,1H3. The summed E-state index contributed by atoms with van der Waals surface area (Å²) in [5.74, 6) is -0.00528. The molecule has 2 aromatic carbocycles. The van der Waals surface area contributed by atoms with Crippen molar-refractivity contribution in [2.75, 3.05) is 0 Å². The van der Waals surface area contributed by atoms with Gasteiger partial charge >= 0.3 is 0 Å². The Hall–Kier alpha value is -2.15. The molecular formula is C16H14O. The van der Waals surface area contributed by atoms with Crippen LogP contribution < -0.4 is 0 Å². The van der Waals surface area contributed by atoms with Crippen molar-refractivity contribution >= 4 is 11.4 Å². The predicted octanol–water partition coefficient (Wildman–Crippen LogP) is 3.89. The molecule has 2 aromatic rings. The monoisotopic (exact) mass is 222 g/mol. The molecule has 0 saturated carbocycles. The normalized spacial score (nSPS) is 9.94. The summed E-state index contributed by atoms with van der Waals surface area (Å²) in [5, 5.41) is 0. The second-order valence-electron chi connectivity index (χ2n) is 3.99. The molecule has 0 unspecified atom stereocenters. The first-order valence-corrected chi connectivity index (χ1v) is 5.55. The van der Waals surface area contributed by atoms with Gasteiger partial charge in [-0.05, 0) is 18.1 Å². The van der Waals surface area contributed by atoms with Gasteiger partial charge in [-0.1, -0.05) is 61.2 Å². The highest BCUT2D eigenvalue weighted by Crippen LogP contribution is 2.19. The molecule has 0 amide bonds. The Labute approximate surface area is 101 Å². The highest BCUT2D eigenvalue weighted by atomic mass is 16.1. The molecule has 0 fully saturated rings. The van der Waals surface area contributed by atoms with Crippen LogP contribution in [0, 0.1) is 6.92 Å².